The van der Waals surface area contributed by atoms with Gasteiger partial charge < -0.3 is 15.2 Å². The van der Waals surface area contributed by atoms with Gasteiger partial charge in [-0.25, -0.2) is 4.79 Å². The standard InChI is InChI=1S/C16H22N4O/c1-12-9-14-10-13(3-4-15(14)18-12)11-19-5-7-20(8-6-19)16(21)17-2/h3-4,9-10,18H,5-8,11H2,1-2H3,(H,17,21). The number of nitrogens with one attached hydrogen (secondary N) is 2. The van der Waals surface area contributed by atoms with Crippen molar-refractivity contribution in [1.29, 1.82) is 0 Å². The highest BCUT2D eigenvalue weighted by Gasteiger charge is 2.20. The molecule has 0 radical (unpaired) electrons. The topological polar surface area (TPSA) is 51.4 Å². The highest BCUT2D eigenvalue weighted by molar-refractivity contribution is 5.81. The fourth-order valence-corrected chi connectivity index (χ4v) is 2.95. The number of urea groups is 1. The third-order valence-corrected chi connectivity index (χ3v) is 4.10. The maximum absolute atomic E-state index is 11.6. The van der Waals surface area contributed by atoms with Gasteiger partial charge in [0.2, 0.25) is 0 Å². The Labute approximate surface area is 124 Å². The molecule has 1 fully saturated rings. The lowest BCUT2D eigenvalue weighted by Crippen LogP contribution is -2.50. The Morgan fingerprint density at radius 2 is 2.00 bits per heavy atom. The van der Waals surface area contributed by atoms with Gasteiger partial charge in [0.1, 0.15) is 0 Å². The van der Waals surface area contributed by atoms with Crippen LogP contribution in [0.15, 0.2) is 24.3 Å². The molecule has 2 N–H and O–H groups in total. The van der Waals surface area contributed by atoms with Gasteiger partial charge in [0, 0.05) is 51.0 Å². The summed E-state index contributed by atoms with van der Waals surface area (Å²) in [6.45, 7) is 6.48. The molecule has 0 bridgehead atoms. The molecule has 0 unspecified atom stereocenters. The summed E-state index contributed by atoms with van der Waals surface area (Å²) in [5.74, 6) is 0. The summed E-state index contributed by atoms with van der Waals surface area (Å²) >= 11 is 0. The smallest absolute Gasteiger partial charge is 0.317 e. The molecule has 1 aliphatic rings. The van der Waals surface area contributed by atoms with E-state index < -0.39 is 0 Å². The minimum absolute atomic E-state index is 0.0267. The van der Waals surface area contributed by atoms with Crippen molar-refractivity contribution in [2.24, 2.45) is 0 Å². The number of aromatic amines is 1. The van der Waals surface area contributed by atoms with Gasteiger partial charge in [-0.05, 0) is 36.1 Å². The number of H-pyrrole nitrogens is 1. The van der Waals surface area contributed by atoms with Crippen LogP contribution in [0.25, 0.3) is 10.9 Å². The molecule has 0 aliphatic carbocycles. The van der Waals surface area contributed by atoms with Crippen molar-refractivity contribution in [1.82, 2.24) is 20.1 Å². The van der Waals surface area contributed by atoms with Crippen LogP contribution in [-0.2, 0) is 6.54 Å². The van der Waals surface area contributed by atoms with Gasteiger partial charge in [-0.15, -0.1) is 0 Å². The van der Waals surface area contributed by atoms with E-state index in [4.69, 9.17) is 0 Å². The predicted molar refractivity (Wildman–Crippen MR) is 84.3 cm³/mol. The molecule has 112 valence electrons. The molecule has 1 aromatic heterocycles. The van der Waals surface area contributed by atoms with E-state index in [0.29, 0.717) is 0 Å². The van der Waals surface area contributed by atoms with Gasteiger partial charge in [0.25, 0.3) is 0 Å². The van der Waals surface area contributed by atoms with E-state index in [-0.39, 0.29) is 6.03 Å². The van der Waals surface area contributed by atoms with Gasteiger partial charge in [-0.2, -0.15) is 0 Å². The monoisotopic (exact) mass is 286 g/mol. The number of hydrogen-bond donors (Lipinski definition) is 2. The SMILES string of the molecule is CNC(=O)N1CCN(Cc2ccc3[nH]c(C)cc3c2)CC1. The summed E-state index contributed by atoms with van der Waals surface area (Å²) in [7, 11) is 1.68. The molecule has 5 heteroatoms. The average molecular weight is 286 g/mol. The number of carbonyl (C=O) groups is 1. The molecular weight excluding hydrogens is 264 g/mol. The first-order chi connectivity index (χ1) is 10.2. The molecule has 1 aromatic carbocycles. The van der Waals surface area contributed by atoms with Crippen molar-refractivity contribution in [2.45, 2.75) is 13.5 Å². The number of hydrogen-bond acceptors (Lipinski definition) is 2. The van der Waals surface area contributed by atoms with Crippen LogP contribution in [0, 0.1) is 6.92 Å². The molecule has 1 aliphatic heterocycles. The summed E-state index contributed by atoms with van der Waals surface area (Å²) in [4.78, 5) is 19.2. The van der Waals surface area contributed by atoms with Crippen LogP contribution in [0.1, 0.15) is 11.3 Å². The lowest BCUT2D eigenvalue weighted by molar-refractivity contribution is 0.136. The van der Waals surface area contributed by atoms with E-state index in [1.807, 2.05) is 4.90 Å². The number of piperazine rings is 1. The first-order valence-electron chi connectivity index (χ1n) is 7.43. The molecule has 2 aromatic rings. The van der Waals surface area contributed by atoms with E-state index in [1.54, 1.807) is 7.05 Å². The zero-order chi connectivity index (χ0) is 14.8. The Hall–Kier alpha value is -2.01. The maximum atomic E-state index is 11.6. The van der Waals surface area contributed by atoms with Crippen LogP contribution >= 0.6 is 0 Å². The van der Waals surface area contributed by atoms with Gasteiger partial charge in [0.15, 0.2) is 0 Å². The molecule has 0 spiro atoms. The van der Waals surface area contributed by atoms with Crippen LogP contribution in [-0.4, -0.2) is 54.0 Å². The normalized spacial score (nSPS) is 16.4. The summed E-state index contributed by atoms with van der Waals surface area (Å²) in [5, 5.41) is 3.96. The van der Waals surface area contributed by atoms with E-state index >= 15 is 0 Å². The Morgan fingerprint density at radius 1 is 1.24 bits per heavy atom. The third kappa shape index (κ3) is 3.03. The number of rotatable bonds is 2. The fourth-order valence-electron chi connectivity index (χ4n) is 2.95. The van der Waals surface area contributed by atoms with Crippen LogP contribution in [0.3, 0.4) is 0 Å². The van der Waals surface area contributed by atoms with Gasteiger partial charge in [-0.1, -0.05) is 6.07 Å². The number of carbonyl (C=O) groups excluding carboxylic acids is 1. The first kappa shape index (κ1) is 13.9. The zero-order valence-electron chi connectivity index (χ0n) is 12.6. The molecule has 21 heavy (non-hydrogen) atoms. The molecule has 3 rings (SSSR count). The lowest BCUT2D eigenvalue weighted by atomic mass is 10.1. The van der Waals surface area contributed by atoms with E-state index in [2.05, 4.69) is 46.4 Å². The first-order valence-corrected chi connectivity index (χ1v) is 7.43. The predicted octanol–water partition coefficient (Wildman–Crippen LogP) is 1.93. The summed E-state index contributed by atoms with van der Waals surface area (Å²) in [5.41, 5.74) is 3.72. The van der Waals surface area contributed by atoms with Crippen LogP contribution in [0.5, 0.6) is 0 Å². The van der Waals surface area contributed by atoms with Crippen LogP contribution < -0.4 is 5.32 Å². The highest BCUT2D eigenvalue weighted by atomic mass is 16.2. The van der Waals surface area contributed by atoms with Gasteiger partial charge in [0.05, 0.1) is 0 Å². The van der Waals surface area contributed by atoms with Crippen molar-refractivity contribution < 1.29 is 4.79 Å². The average Bonchev–Trinajstić information content (AvgIpc) is 2.86. The van der Waals surface area contributed by atoms with Gasteiger partial charge >= 0.3 is 6.03 Å². The van der Waals surface area contributed by atoms with Crippen molar-refractivity contribution in [3.63, 3.8) is 0 Å². The number of fused-ring (bicyclic) bond motifs is 1. The second-order valence-corrected chi connectivity index (χ2v) is 5.69. The molecule has 2 amide bonds. The fraction of sp³-hybridized carbons (Fsp3) is 0.438. The summed E-state index contributed by atoms with van der Waals surface area (Å²) in [6, 6.07) is 8.80. The summed E-state index contributed by atoms with van der Waals surface area (Å²) in [6.07, 6.45) is 0. The Bertz CT molecular complexity index is 641. The largest absolute Gasteiger partial charge is 0.359 e. The van der Waals surface area contributed by atoms with Crippen LogP contribution in [0.2, 0.25) is 0 Å². The van der Waals surface area contributed by atoms with Gasteiger partial charge in [-0.3, -0.25) is 4.90 Å². The second kappa shape index (κ2) is 5.77. The number of amides is 2. The van der Waals surface area contributed by atoms with Crippen molar-refractivity contribution in [3.8, 4) is 0 Å². The van der Waals surface area contributed by atoms with Crippen molar-refractivity contribution in [3.05, 3.63) is 35.5 Å². The Morgan fingerprint density at radius 3 is 2.71 bits per heavy atom. The summed E-state index contributed by atoms with van der Waals surface area (Å²) < 4.78 is 0. The molecule has 2 heterocycles. The minimum atomic E-state index is 0.0267. The van der Waals surface area contributed by atoms with Crippen molar-refractivity contribution in [2.75, 3.05) is 33.2 Å². The molecular formula is C16H22N4O. The second-order valence-electron chi connectivity index (χ2n) is 5.69. The van der Waals surface area contributed by atoms with E-state index in [9.17, 15) is 4.79 Å². The highest BCUT2D eigenvalue weighted by Crippen LogP contribution is 2.18. The number of nitrogens with zero attached hydrogens (tertiary/aromatic N) is 2. The van der Waals surface area contributed by atoms with E-state index in [1.165, 1.54) is 22.2 Å². The van der Waals surface area contributed by atoms with Crippen molar-refractivity contribution >= 4 is 16.9 Å². The van der Waals surface area contributed by atoms with E-state index in [0.717, 1.165) is 32.7 Å². The minimum Gasteiger partial charge on any atom is -0.359 e. The Kier molecular flexibility index (Phi) is 3.84. The molecule has 0 atom stereocenters. The molecule has 5 nitrogen and oxygen atoms in total. The number of aromatic nitrogens is 1. The molecule has 0 saturated carbocycles. The Balaban J connectivity index is 1.62. The van der Waals surface area contributed by atoms with Crippen LogP contribution in [0.4, 0.5) is 4.79 Å². The quantitative estimate of drug-likeness (QED) is 0.886. The zero-order valence-corrected chi connectivity index (χ0v) is 12.6. The molecule has 1 saturated heterocycles. The number of benzene rings is 1. The maximum Gasteiger partial charge on any atom is 0.317 e. The number of aryl methyl sites for hydroxylation is 1. The third-order valence-electron chi connectivity index (χ3n) is 4.10. The lowest BCUT2D eigenvalue weighted by Gasteiger charge is -2.34.